The SMILES string of the molecule is [CH2]C[C@H](F)C(F)(F)CC. The molecule has 0 saturated heterocycles. The topological polar surface area (TPSA) is 0 Å². The molecule has 0 aromatic carbocycles. The molecule has 0 heterocycles. The maximum absolute atomic E-state index is 12.1. The van der Waals surface area contributed by atoms with Crippen molar-refractivity contribution >= 4 is 0 Å². The maximum Gasteiger partial charge on any atom is 0.278 e. The van der Waals surface area contributed by atoms with Crippen LogP contribution in [0.1, 0.15) is 19.8 Å². The Bertz CT molecular complexity index is 80.4. The molecule has 0 amide bonds. The molecule has 0 rings (SSSR count). The van der Waals surface area contributed by atoms with Gasteiger partial charge in [0.05, 0.1) is 0 Å². The molecule has 0 aromatic heterocycles. The first kappa shape index (κ1) is 8.79. The fourth-order valence-corrected chi connectivity index (χ4v) is 0.433. The van der Waals surface area contributed by atoms with Gasteiger partial charge in [-0.2, -0.15) is 0 Å². The van der Waals surface area contributed by atoms with Crippen LogP contribution in [-0.2, 0) is 0 Å². The summed E-state index contributed by atoms with van der Waals surface area (Å²) in [7, 11) is 0. The quantitative estimate of drug-likeness (QED) is 0.563. The van der Waals surface area contributed by atoms with Crippen LogP contribution in [0.15, 0.2) is 0 Å². The highest BCUT2D eigenvalue weighted by molar-refractivity contribution is 4.75. The van der Waals surface area contributed by atoms with Crippen LogP contribution < -0.4 is 0 Å². The predicted molar refractivity (Wildman–Crippen MR) is 30.1 cm³/mol. The molecular formula is C6H10F3. The van der Waals surface area contributed by atoms with Gasteiger partial charge in [0, 0.05) is 6.42 Å². The summed E-state index contributed by atoms with van der Waals surface area (Å²) < 4.78 is 36.4. The van der Waals surface area contributed by atoms with Gasteiger partial charge < -0.3 is 0 Å². The van der Waals surface area contributed by atoms with E-state index in [0.29, 0.717) is 0 Å². The van der Waals surface area contributed by atoms with Crippen LogP contribution in [0.2, 0.25) is 0 Å². The number of hydrogen-bond donors (Lipinski definition) is 0. The molecule has 0 nitrogen and oxygen atoms in total. The molecule has 0 bridgehead atoms. The lowest BCUT2D eigenvalue weighted by molar-refractivity contribution is -0.0734. The van der Waals surface area contributed by atoms with Crippen molar-refractivity contribution in [1.29, 1.82) is 0 Å². The molecule has 1 atom stereocenters. The van der Waals surface area contributed by atoms with E-state index in [2.05, 4.69) is 6.92 Å². The van der Waals surface area contributed by atoms with Crippen LogP contribution >= 0.6 is 0 Å². The second-order valence-corrected chi connectivity index (χ2v) is 1.87. The maximum atomic E-state index is 12.1. The summed E-state index contributed by atoms with van der Waals surface area (Å²) in [6, 6.07) is 0. The summed E-state index contributed by atoms with van der Waals surface area (Å²) in [6.45, 7) is 4.30. The summed E-state index contributed by atoms with van der Waals surface area (Å²) in [4.78, 5) is 0. The highest BCUT2D eigenvalue weighted by Gasteiger charge is 2.36. The predicted octanol–water partition coefficient (Wildman–Crippen LogP) is 2.59. The minimum Gasteiger partial charge on any atom is -0.241 e. The Morgan fingerprint density at radius 1 is 1.56 bits per heavy atom. The molecule has 55 valence electrons. The second kappa shape index (κ2) is 3.08. The Hall–Kier alpha value is -0.210. The van der Waals surface area contributed by atoms with Crippen molar-refractivity contribution in [2.75, 3.05) is 0 Å². The third-order valence-corrected chi connectivity index (χ3v) is 1.18. The zero-order valence-corrected chi connectivity index (χ0v) is 5.33. The Kier molecular flexibility index (Phi) is 3.01. The molecule has 0 aliphatic carbocycles. The second-order valence-electron chi connectivity index (χ2n) is 1.87. The molecule has 3 heteroatoms. The van der Waals surface area contributed by atoms with E-state index in [1.54, 1.807) is 0 Å². The Balaban J connectivity index is 3.80. The first-order valence-electron chi connectivity index (χ1n) is 2.85. The van der Waals surface area contributed by atoms with Gasteiger partial charge in [0.25, 0.3) is 5.92 Å². The molecule has 0 N–H and O–H groups in total. The van der Waals surface area contributed by atoms with Gasteiger partial charge in [0.15, 0.2) is 6.17 Å². The lowest BCUT2D eigenvalue weighted by Crippen LogP contribution is -2.28. The monoisotopic (exact) mass is 139 g/mol. The van der Waals surface area contributed by atoms with E-state index in [1.165, 1.54) is 6.92 Å². The zero-order chi connectivity index (χ0) is 7.49. The van der Waals surface area contributed by atoms with Gasteiger partial charge in [-0.3, -0.25) is 0 Å². The van der Waals surface area contributed by atoms with Crippen LogP contribution in [0.25, 0.3) is 0 Å². The molecule has 0 aromatic rings. The van der Waals surface area contributed by atoms with Gasteiger partial charge in [-0.25, -0.2) is 13.2 Å². The summed E-state index contributed by atoms with van der Waals surface area (Å²) >= 11 is 0. The fourth-order valence-electron chi connectivity index (χ4n) is 0.433. The van der Waals surface area contributed by atoms with Crippen molar-refractivity contribution in [3.8, 4) is 0 Å². The minimum absolute atomic E-state index is 0.360. The lowest BCUT2D eigenvalue weighted by atomic mass is 10.1. The smallest absolute Gasteiger partial charge is 0.241 e. The van der Waals surface area contributed by atoms with Crippen molar-refractivity contribution in [2.45, 2.75) is 31.9 Å². The van der Waals surface area contributed by atoms with E-state index in [0.717, 1.165) is 0 Å². The largest absolute Gasteiger partial charge is 0.278 e. The molecule has 0 aliphatic rings. The van der Waals surface area contributed by atoms with Crippen LogP contribution in [0.3, 0.4) is 0 Å². The molecular weight excluding hydrogens is 129 g/mol. The molecule has 9 heavy (non-hydrogen) atoms. The average Bonchev–Trinajstić information content (AvgIpc) is 1.86. The van der Waals surface area contributed by atoms with Gasteiger partial charge in [0.1, 0.15) is 0 Å². The van der Waals surface area contributed by atoms with Crippen molar-refractivity contribution in [2.24, 2.45) is 0 Å². The van der Waals surface area contributed by atoms with Crippen LogP contribution in [0.4, 0.5) is 13.2 Å². The summed E-state index contributed by atoms with van der Waals surface area (Å²) in [5.41, 5.74) is 0. The van der Waals surface area contributed by atoms with Gasteiger partial charge in [-0.05, 0) is 6.42 Å². The van der Waals surface area contributed by atoms with Crippen molar-refractivity contribution in [3.63, 3.8) is 0 Å². The van der Waals surface area contributed by atoms with Gasteiger partial charge in [0.2, 0.25) is 0 Å². The van der Waals surface area contributed by atoms with Crippen LogP contribution in [0.5, 0.6) is 0 Å². The van der Waals surface area contributed by atoms with Crippen LogP contribution in [0, 0.1) is 6.92 Å². The Morgan fingerprint density at radius 3 is 2.11 bits per heavy atom. The number of alkyl halides is 3. The molecule has 0 spiro atoms. The van der Waals surface area contributed by atoms with E-state index in [1.807, 2.05) is 0 Å². The van der Waals surface area contributed by atoms with E-state index in [9.17, 15) is 13.2 Å². The molecule has 1 radical (unpaired) electrons. The molecule has 0 saturated carbocycles. The van der Waals surface area contributed by atoms with Gasteiger partial charge in [-0.15, -0.1) is 0 Å². The normalized spacial score (nSPS) is 15.7. The number of halogens is 3. The van der Waals surface area contributed by atoms with E-state index >= 15 is 0 Å². The molecule has 0 unspecified atom stereocenters. The Labute approximate surface area is 53.1 Å². The third kappa shape index (κ3) is 2.24. The van der Waals surface area contributed by atoms with Crippen molar-refractivity contribution in [3.05, 3.63) is 6.92 Å². The first-order valence-corrected chi connectivity index (χ1v) is 2.85. The average molecular weight is 139 g/mol. The minimum atomic E-state index is -3.18. The molecule has 0 aliphatic heterocycles. The summed E-state index contributed by atoms with van der Waals surface area (Å²) in [5, 5.41) is 0. The molecule has 0 fully saturated rings. The highest BCUT2D eigenvalue weighted by Crippen LogP contribution is 2.26. The standard InChI is InChI=1S/C6H10F3/c1-3-5(7)6(8,9)4-2/h5H,1,3-4H2,2H3/t5-/m0/s1. The zero-order valence-electron chi connectivity index (χ0n) is 5.33. The van der Waals surface area contributed by atoms with Crippen LogP contribution in [-0.4, -0.2) is 12.1 Å². The van der Waals surface area contributed by atoms with Crippen molar-refractivity contribution in [1.82, 2.24) is 0 Å². The summed E-state index contributed by atoms with van der Waals surface area (Å²) in [6.07, 6.45) is -2.90. The van der Waals surface area contributed by atoms with Crippen molar-refractivity contribution < 1.29 is 13.2 Å². The van der Waals surface area contributed by atoms with E-state index in [-0.39, 0.29) is 6.42 Å². The summed E-state index contributed by atoms with van der Waals surface area (Å²) in [5.74, 6) is -3.18. The number of hydrogen-bond acceptors (Lipinski definition) is 0. The van der Waals surface area contributed by atoms with Gasteiger partial charge in [-0.1, -0.05) is 13.8 Å². The lowest BCUT2D eigenvalue weighted by Gasteiger charge is -2.16. The van der Waals surface area contributed by atoms with E-state index in [4.69, 9.17) is 0 Å². The fraction of sp³-hybridized carbons (Fsp3) is 0.833. The van der Waals surface area contributed by atoms with Gasteiger partial charge >= 0.3 is 0 Å². The third-order valence-electron chi connectivity index (χ3n) is 1.18. The highest BCUT2D eigenvalue weighted by atomic mass is 19.3. The Morgan fingerprint density at radius 2 is 2.00 bits per heavy atom. The first-order chi connectivity index (χ1) is 4.04. The number of rotatable bonds is 3. The van der Waals surface area contributed by atoms with E-state index < -0.39 is 18.5 Å².